The highest BCUT2D eigenvalue weighted by atomic mass is 19.1. The first-order chi connectivity index (χ1) is 15.1. The first-order valence-corrected chi connectivity index (χ1v) is 9.20. The molecule has 1 aromatic heterocycles. The summed E-state index contributed by atoms with van der Waals surface area (Å²) < 4.78 is 18.9. The number of aromatic nitrogens is 2. The Morgan fingerprint density at radius 3 is 1.84 bits per heavy atom. The van der Waals surface area contributed by atoms with Crippen molar-refractivity contribution in [2.75, 3.05) is 10.6 Å². The van der Waals surface area contributed by atoms with Gasteiger partial charge in [-0.2, -0.15) is 0 Å². The largest absolute Gasteiger partial charge is 0.457 e. The summed E-state index contributed by atoms with van der Waals surface area (Å²) in [6.07, 6.45) is 1.20. The van der Waals surface area contributed by atoms with Gasteiger partial charge in [0.1, 0.15) is 23.6 Å². The molecule has 2 N–H and O–H groups in total. The summed E-state index contributed by atoms with van der Waals surface area (Å²) in [6, 6.07) is 21.6. The molecule has 1 heterocycles. The van der Waals surface area contributed by atoms with Crippen molar-refractivity contribution in [1.82, 2.24) is 9.97 Å². The van der Waals surface area contributed by atoms with E-state index < -0.39 is 10.7 Å². The number of nitrogens with zero attached hydrogens (tertiary/aromatic N) is 3. The topological polar surface area (TPSA) is 102 Å². The number of rotatable bonds is 7. The van der Waals surface area contributed by atoms with Crippen LogP contribution >= 0.6 is 0 Å². The van der Waals surface area contributed by atoms with Crippen molar-refractivity contribution in [2.45, 2.75) is 0 Å². The van der Waals surface area contributed by atoms with Crippen LogP contribution in [0.4, 0.5) is 33.1 Å². The number of nitro groups is 1. The van der Waals surface area contributed by atoms with Crippen molar-refractivity contribution in [3.05, 3.63) is 101 Å². The van der Waals surface area contributed by atoms with E-state index in [0.717, 1.165) is 0 Å². The van der Waals surface area contributed by atoms with E-state index in [1.165, 1.54) is 30.6 Å². The number of benzene rings is 3. The maximum Gasteiger partial charge on any atom is 0.353 e. The molecule has 0 atom stereocenters. The molecule has 3 aromatic carbocycles. The third-order valence-electron chi connectivity index (χ3n) is 4.21. The predicted molar refractivity (Wildman–Crippen MR) is 115 cm³/mol. The third-order valence-corrected chi connectivity index (χ3v) is 4.21. The van der Waals surface area contributed by atoms with Crippen LogP contribution in [-0.4, -0.2) is 14.9 Å². The molecule has 0 aliphatic heterocycles. The van der Waals surface area contributed by atoms with E-state index in [1.807, 2.05) is 30.3 Å². The zero-order valence-electron chi connectivity index (χ0n) is 16.0. The molecular formula is C22H16FN5O3. The molecule has 0 aliphatic carbocycles. The Hall–Kier alpha value is -4.53. The lowest BCUT2D eigenvalue weighted by Crippen LogP contribution is -2.05. The van der Waals surface area contributed by atoms with E-state index in [2.05, 4.69) is 20.6 Å². The number of anilines is 4. The molecule has 0 fully saturated rings. The van der Waals surface area contributed by atoms with Gasteiger partial charge in [-0.1, -0.05) is 18.2 Å². The van der Waals surface area contributed by atoms with Gasteiger partial charge in [0.2, 0.25) is 11.6 Å². The minimum absolute atomic E-state index is 0.0151. The van der Waals surface area contributed by atoms with E-state index in [4.69, 9.17) is 4.74 Å². The molecule has 8 nitrogen and oxygen atoms in total. The zero-order chi connectivity index (χ0) is 21.6. The van der Waals surface area contributed by atoms with Crippen LogP contribution in [0.15, 0.2) is 85.2 Å². The van der Waals surface area contributed by atoms with E-state index in [-0.39, 0.29) is 17.3 Å². The fraction of sp³-hybridized carbons (Fsp3) is 0. The average molecular weight is 417 g/mol. The maximum atomic E-state index is 13.1. The predicted octanol–water partition coefficient (Wildman–Crippen LogP) is 5.80. The zero-order valence-corrected chi connectivity index (χ0v) is 16.0. The molecule has 0 spiro atoms. The third kappa shape index (κ3) is 4.91. The number of hydrogen-bond donors (Lipinski definition) is 2. The van der Waals surface area contributed by atoms with Crippen molar-refractivity contribution in [3.8, 4) is 11.5 Å². The molecule has 9 heteroatoms. The summed E-state index contributed by atoms with van der Waals surface area (Å²) in [5, 5.41) is 17.5. The molecule has 4 rings (SSSR count). The minimum atomic E-state index is -0.582. The summed E-state index contributed by atoms with van der Waals surface area (Å²) in [7, 11) is 0. The highest BCUT2D eigenvalue weighted by molar-refractivity contribution is 5.76. The van der Waals surface area contributed by atoms with Gasteiger partial charge in [-0.3, -0.25) is 10.1 Å². The molecule has 31 heavy (non-hydrogen) atoms. The van der Waals surface area contributed by atoms with Gasteiger partial charge in [0.25, 0.3) is 0 Å². The molecule has 0 radical (unpaired) electrons. The molecular weight excluding hydrogens is 401 g/mol. The second kappa shape index (κ2) is 8.87. The van der Waals surface area contributed by atoms with Crippen LogP contribution in [0.5, 0.6) is 11.5 Å². The highest BCUT2D eigenvalue weighted by Gasteiger charge is 2.23. The van der Waals surface area contributed by atoms with Gasteiger partial charge < -0.3 is 15.4 Å². The molecule has 0 aliphatic rings. The average Bonchev–Trinajstić information content (AvgIpc) is 2.77. The quantitative estimate of drug-likeness (QED) is 0.289. The lowest BCUT2D eigenvalue weighted by atomic mass is 10.3. The Kier molecular flexibility index (Phi) is 5.66. The van der Waals surface area contributed by atoms with E-state index in [0.29, 0.717) is 22.9 Å². The monoisotopic (exact) mass is 417 g/mol. The van der Waals surface area contributed by atoms with Crippen LogP contribution in [0.3, 0.4) is 0 Å². The summed E-state index contributed by atoms with van der Waals surface area (Å²) in [6.45, 7) is 0. The molecule has 0 amide bonds. The normalized spacial score (nSPS) is 10.4. The Labute approximate surface area is 176 Å². The second-order valence-corrected chi connectivity index (χ2v) is 6.37. The number of hydrogen-bond acceptors (Lipinski definition) is 7. The van der Waals surface area contributed by atoms with Crippen LogP contribution in [0.25, 0.3) is 0 Å². The van der Waals surface area contributed by atoms with Crippen molar-refractivity contribution in [1.29, 1.82) is 0 Å². The van der Waals surface area contributed by atoms with Crippen LogP contribution < -0.4 is 15.4 Å². The summed E-state index contributed by atoms with van der Waals surface area (Å²) in [5.41, 5.74) is 0.697. The second-order valence-electron chi connectivity index (χ2n) is 6.37. The van der Waals surface area contributed by atoms with Gasteiger partial charge in [0.15, 0.2) is 0 Å². The smallest absolute Gasteiger partial charge is 0.353 e. The van der Waals surface area contributed by atoms with Crippen LogP contribution in [-0.2, 0) is 0 Å². The number of ether oxygens (including phenoxy) is 1. The van der Waals surface area contributed by atoms with E-state index >= 15 is 0 Å². The number of halogens is 1. The van der Waals surface area contributed by atoms with Crippen LogP contribution in [0.2, 0.25) is 0 Å². The Bertz CT molecular complexity index is 1190. The summed E-state index contributed by atoms with van der Waals surface area (Å²) in [4.78, 5) is 19.1. The van der Waals surface area contributed by atoms with Crippen molar-refractivity contribution in [3.63, 3.8) is 0 Å². The van der Waals surface area contributed by atoms with Crippen LogP contribution in [0.1, 0.15) is 0 Å². The first-order valence-electron chi connectivity index (χ1n) is 9.20. The molecule has 0 saturated carbocycles. The SMILES string of the molecule is O=[N+]([O-])c1c(Nc2ccc(F)cc2)ncnc1Nc1ccc(Oc2ccccc2)cc1. The lowest BCUT2D eigenvalue weighted by molar-refractivity contribution is -0.383. The summed E-state index contributed by atoms with van der Waals surface area (Å²) >= 11 is 0. The van der Waals surface area contributed by atoms with Gasteiger partial charge in [-0.25, -0.2) is 14.4 Å². The summed E-state index contributed by atoms with van der Waals surface area (Å²) in [5.74, 6) is 0.906. The Morgan fingerprint density at radius 2 is 1.29 bits per heavy atom. The van der Waals surface area contributed by atoms with Gasteiger partial charge in [0.05, 0.1) is 4.92 Å². The van der Waals surface area contributed by atoms with Crippen molar-refractivity contribution < 1.29 is 14.1 Å². The maximum absolute atomic E-state index is 13.1. The fourth-order valence-electron chi connectivity index (χ4n) is 2.77. The lowest BCUT2D eigenvalue weighted by Gasteiger charge is -2.11. The van der Waals surface area contributed by atoms with E-state index in [9.17, 15) is 14.5 Å². The van der Waals surface area contributed by atoms with Gasteiger partial charge >= 0.3 is 5.69 Å². The standard InChI is InChI=1S/C22H16FN5O3/c23-15-6-8-16(9-7-15)26-21-20(28(29)30)22(25-14-24-21)27-17-10-12-19(13-11-17)31-18-4-2-1-3-5-18/h1-14H,(H2,24,25,26,27). The van der Waals surface area contributed by atoms with Gasteiger partial charge in [-0.05, 0) is 60.7 Å². The number of nitrogens with one attached hydrogen (secondary N) is 2. The molecule has 0 saturated heterocycles. The Balaban J connectivity index is 1.55. The van der Waals surface area contributed by atoms with Gasteiger partial charge in [-0.15, -0.1) is 0 Å². The van der Waals surface area contributed by atoms with Crippen molar-refractivity contribution >= 4 is 28.7 Å². The first kappa shape index (κ1) is 19.8. The van der Waals surface area contributed by atoms with Gasteiger partial charge in [0, 0.05) is 11.4 Å². The minimum Gasteiger partial charge on any atom is -0.457 e. The van der Waals surface area contributed by atoms with Crippen molar-refractivity contribution in [2.24, 2.45) is 0 Å². The molecule has 154 valence electrons. The molecule has 0 unspecified atom stereocenters. The fourth-order valence-corrected chi connectivity index (χ4v) is 2.77. The number of para-hydroxylation sites is 1. The molecule has 0 bridgehead atoms. The Morgan fingerprint density at radius 1 is 0.774 bits per heavy atom. The van der Waals surface area contributed by atoms with Crippen LogP contribution in [0, 0.1) is 15.9 Å². The highest BCUT2D eigenvalue weighted by Crippen LogP contribution is 2.33. The van der Waals surface area contributed by atoms with E-state index in [1.54, 1.807) is 24.3 Å². The molecule has 4 aromatic rings.